The third kappa shape index (κ3) is 8.53. The van der Waals surface area contributed by atoms with Gasteiger partial charge in [-0.25, -0.2) is 4.79 Å². The minimum Gasteiger partial charge on any atom is -0.478 e. The quantitative estimate of drug-likeness (QED) is 0.456. The van der Waals surface area contributed by atoms with E-state index >= 15 is 0 Å². The molecule has 0 radical (unpaired) electrons. The maximum atomic E-state index is 11.3. The van der Waals surface area contributed by atoms with Gasteiger partial charge in [-0.3, -0.25) is 0 Å². The highest BCUT2D eigenvalue weighted by Crippen LogP contribution is 2.13. The molecule has 4 heteroatoms. The molecule has 1 aromatic heterocycles. The Morgan fingerprint density at radius 2 is 1.79 bits per heavy atom. The molecule has 0 atom stereocenters. The summed E-state index contributed by atoms with van der Waals surface area (Å²) in [6.45, 7) is 3.94. The van der Waals surface area contributed by atoms with Crippen molar-refractivity contribution in [2.45, 2.75) is 52.4 Å². The molecule has 0 aromatic carbocycles. The Balaban J connectivity index is 2.38. The number of hydrogen-bond donors (Lipinski definition) is 2. The van der Waals surface area contributed by atoms with Crippen LogP contribution in [0, 0.1) is 0 Å². The van der Waals surface area contributed by atoms with Crippen LogP contribution in [-0.4, -0.2) is 22.8 Å². The van der Waals surface area contributed by atoms with Crippen molar-refractivity contribution in [3.63, 3.8) is 0 Å². The lowest BCUT2D eigenvalue weighted by Crippen LogP contribution is -2.00. The zero-order valence-electron chi connectivity index (χ0n) is 14.6. The van der Waals surface area contributed by atoms with Crippen LogP contribution in [0.15, 0.2) is 58.0 Å². The van der Waals surface area contributed by atoms with E-state index in [-0.39, 0.29) is 6.61 Å². The van der Waals surface area contributed by atoms with Crippen LogP contribution in [0.3, 0.4) is 0 Å². The van der Waals surface area contributed by atoms with Gasteiger partial charge >= 0.3 is 5.97 Å². The molecule has 132 valence electrons. The van der Waals surface area contributed by atoms with Crippen LogP contribution in [0.1, 0.15) is 51.5 Å². The van der Waals surface area contributed by atoms with Crippen molar-refractivity contribution < 1.29 is 19.4 Å². The van der Waals surface area contributed by atoms with Crippen molar-refractivity contribution in [3.05, 3.63) is 59.1 Å². The number of hydrogen-bond acceptors (Lipinski definition) is 3. The van der Waals surface area contributed by atoms with Gasteiger partial charge in [0.15, 0.2) is 0 Å². The average Bonchev–Trinajstić information content (AvgIpc) is 3.06. The van der Waals surface area contributed by atoms with Gasteiger partial charge in [-0.15, -0.1) is 0 Å². The van der Waals surface area contributed by atoms with E-state index in [1.807, 2.05) is 25.1 Å². The predicted molar refractivity (Wildman–Crippen MR) is 95.8 cm³/mol. The Labute approximate surface area is 144 Å². The van der Waals surface area contributed by atoms with E-state index in [1.54, 1.807) is 12.5 Å². The van der Waals surface area contributed by atoms with Crippen LogP contribution in [0.4, 0.5) is 0 Å². The van der Waals surface area contributed by atoms with E-state index < -0.39 is 5.97 Å². The van der Waals surface area contributed by atoms with Crippen LogP contribution in [0.2, 0.25) is 0 Å². The maximum Gasteiger partial charge on any atom is 0.331 e. The molecule has 0 saturated heterocycles. The summed E-state index contributed by atoms with van der Waals surface area (Å²) in [5.74, 6) is -0.855. The summed E-state index contributed by atoms with van der Waals surface area (Å²) in [7, 11) is 0. The molecule has 0 aliphatic carbocycles. The van der Waals surface area contributed by atoms with E-state index in [0.29, 0.717) is 18.4 Å². The molecular formula is C20H28O4. The number of aliphatic hydroxyl groups is 1. The van der Waals surface area contributed by atoms with Gasteiger partial charge in [0.1, 0.15) is 0 Å². The summed E-state index contributed by atoms with van der Waals surface area (Å²) in [6, 6.07) is 1.97. The first kappa shape index (κ1) is 20.0. The minimum absolute atomic E-state index is 0.0227. The van der Waals surface area contributed by atoms with E-state index in [4.69, 9.17) is 9.52 Å². The Morgan fingerprint density at radius 1 is 1.08 bits per heavy atom. The fourth-order valence-electron chi connectivity index (χ4n) is 2.33. The van der Waals surface area contributed by atoms with Crippen LogP contribution >= 0.6 is 0 Å². The molecule has 0 fully saturated rings. The summed E-state index contributed by atoms with van der Waals surface area (Å²) in [5.41, 5.74) is 3.79. The Morgan fingerprint density at radius 3 is 2.42 bits per heavy atom. The molecule has 0 amide bonds. The first-order chi connectivity index (χ1) is 11.5. The van der Waals surface area contributed by atoms with Crippen LogP contribution < -0.4 is 0 Å². The third-order valence-corrected chi connectivity index (χ3v) is 3.87. The highest BCUT2D eigenvalue weighted by molar-refractivity contribution is 5.86. The lowest BCUT2D eigenvalue weighted by molar-refractivity contribution is -0.132. The van der Waals surface area contributed by atoms with Crippen molar-refractivity contribution in [2.75, 3.05) is 6.61 Å². The number of aryl methyl sites for hydroxylation is 1. The summed E-state index contributed by atoms with van der Waals surface area (Å²) >= 11 is 0. The van der Waals surface area contributed by atoms with E-state index in [9.17, 15) is 9.90 Å². The molecule has 0 saturated carbocycles. The molecule has 0 aliphatic heterocycles. The van der Waals surface area contributed by atoms with Crippen molar-refractivity contribution in [1.82, 2.24) is 0 Å². The Bertz CT molecular complexity index is 577. The molecule has 0 aliphatic rings. The second kappa shape index (κ2) is 11.5. The monoisotopic (exact) mass is 332 g/mol. The number of aliphatic carboxylic acids is 1. The fraction of sp³-hybridized carbons (Fsp3) is 0.450. The lowest BCUT2D eigenvalue weighted by Gasteiger charge is -2.03. The molecule has 0 unspecified atom stereocenters. The highest BCUT2D eigenvalue weighted by atomic mass is 16.4. The zero-order chi connectivity index (χ0) is 17.8. The smallest absolute Gasteiger partial charge is 0.331 e. The van der Waals surface area contributed by atoms with E-state index in [0.717, 1.165) is 31.3 Å². The van der Waals surface area contributed by atoms with Crippen molar-refractivity contribution in [2.24, 2.45) is 0 Å². The zero-order valence-corrected chi connectivity index (χ0v) is 14.6. The molecule has 24 heavy (non-hydrogen) atoms. The number of carbonyl (C=O) groups is 1. The van der Waals surface area contributed by atoms with Gasteiger partial charge < -0.3 is 14.6 Å². The average molecular weight is 332 g/mol. The molecule has 2 N–H and O–H groups in total. The van der Waals surface area contributed by atoms with Crippen molar-refractivity contribution in [1.29, 1.82) is 0 Å². The largest absolute Gasteiger partial charge is 0.478 e. The number of allylic oxidation sites excluding steroid dienone is 4. The maximum absolute atomic E-state index is 11.3. The molecule has 0 spiro atoms. The van der Waals surface area contributed by atoms with Crippen molar-refractivity contribution >= 4 is 5.97 Å². The van der Waals surface area contributed by atoms with Gasteiger partial charge in [-0.1, -0.05) is 29.4 Å². The Hall–Kier alpha value is -2.07. The van der Waals surface area contributed by atoms with Gasteiger partial charge in [0, 0.05) is 5.57 Å². The van der Waals surface area contributed by atoms with Crippen LogP contribution in [0.25, 0.3) is 0 Å². The number of aliphatic hydroxyl groups excluding tert-OH is 1. The molecule has 0 bridgehead atoms. The summed E-state index contributed by atoms with van der Waals surface area (Å²) in [5, 5.41) is 18.2. The standard InChI is InChI=1S/C20H28O4/c1-16(6-3-9-18-12-13-24-15-18)7-4-10-19(20(22)23)11-5-8-17(2)14-21/h6,8,10,12-13,15,21H,3-5,7,9,11,14H2,1-2H3,(H,22,23)/b16-6+,17-8-,19-10+. The predicted octanol–water partition coefficient (Wildman–Crippen LogP) is 4.67. The Kier molecular flexibility index (Phi) is 9.54. The molecular weight excluding hydrogens is 304 g/mol. The summed E-state index contributed by atoms with van der Waals surface area (Å²) in [6.07, 6.45) is 14.0. The van der Waals surface area contributed by atoms with Gasteiger partial charge in [0.05, 0.1) is 19.1 Å². The van der Waals surface area contributed by atoms with Gasteiger partial charge in [-0.05, 0) is 64.0 Å². The number of furan rings is 1. The minimum atomic E-state index is -0.855. The van der Waals surface area contributed by atoms with Crippen molar-refractivity contribution in [3.8, 4) is 0 Å². The first-order valence-corrected chi connectivity index (χ1v) is 8.38. The fourth-order valence-corrected chi connectivity index (χ4v) is 2.33. The van der Waals surface area contributed by atoms with E-state index in [2.05, 4.69) is 13.0 Å². The van der Waals surface area contributed by atoms with Crippen LogP contribution in [-0.2, 0) is 11.2 Å². The topological polar surface area (TPSA) is 70.7 Å². The number of rotatable bonds is 11. The summed E-state index contributed by atoms with van der Waals surface area (Å²) < 4.78 is 5.04. The second-order valence-electron chi connectivity index (χ2n) is 6.04. The lowest BCUT2D eigenvalue weighted by atomic mass is 10.0. The van der Waals surface area contributed by atoms with E-state index in [1.165, 1.54) is 11.1 Å². The number of carboxylic acid groups (broad SMARTS) is 1. The number of carboxylic acids is 1. The molecule has 1 rings (SSSR count). The second-order valence-corrected chi connectivity index (χ2v) is 6.04. The van der Waals surface area contributed by atoms with Gasteiger partial charge in [-0.2, -0.15) is 0 Å². The molecule has 1 heterocycles. The SMILES string of the molecule is C/C(=C/CC/C(=C\CC/C(C)=C/CCc1ccoc1)C(=O)O)CO. The highest BCUT2D eigenvalue weighted by Gasteiger charge is 2.05. The first-order valence-electron chi connectivity index (χ1n) is 8.38. The summed E-state index contributed by atoms with van der Waals surface area (Å²) in [4.78, 5) is 11.3. The molecule has 4 nitrogen and oxygen atoms in total. The van der Waals surface area contributed by atoms with Gasteiger partial charge in [0.25, 0.3) is 0 Å². The third-order valence-electron chi connectivity index (χ3n) is 3.87. The molecule has 1 aromatic rings. The van der Waals surface area contributed by atoms with Crippen LogP contribution in [0.5, 0.6) is 0 Å². The van der Waals surface area contributed by atoms with Gasteiger partial charge in [0.2, 0.25) is 0 Å². The normalized spacial score (nSPS) is 13.4.